The lowest BCUT2D eigenvalue weighted by molar-refractivity contribution is 0.151. The monoisotopic (exact) mass is 388 g/mol. The molecule has 0 unspecified atom stereocenters. The maximum Gasteiger partial charge on any atom is 0.249 e. The van der Waals surface area contributed by atoms with Crippen LogP contribution in [0.3, 0.4) is 0 Å². The zero-order chi connectivity index (χ0) is 18.2. The lowest BCUT2D eigenvalue weighted by Gasteiger charge is -2.34. The number of aryl methyl sites for hydroxylation is 1. The molecule has 2 aromatic rings. The minimum Gasteiger partial charge on any atom is -0.327 e. The van der Waals surface area contributed by atoms with Crippen molar-refractivity contribution in [2.75, 3.05) is 26.2 Å². The summed E-state index contributed by atoms with van der Waals surface area (Å²) < 4.78 is 58.3. The standard InChI is InChI=1S/C15H18F2N4O2S2/c1-18-5-8-20(15(18)24)11-19-6-9-21(10-7-19)25(22,23)14-12(16)3-2-4-13(14)17/h2-5,8H,6-7,9-11H2,1H3. The molecule has 1 fully saturated rings. The number of piperazine rings is 1. The van der Waals surface area contributed by atoms with Crippen LogP contribution in [0.1, 0.15) is 0 Å². The summed E-state index contributed by atoms with van der Waals surface area (Å²) in [5.74, 6) is -2.14. The number of sulfonamides is 1. The Kier molecular flexibility index (Phi) is 5.05. The van der Waals surface area contributed by atoms with Crippen LogP contribution in [-0.4, -0.2) is 52.9 Å². The average molecular weight is 388 g/mol. The van der Waals surface area contributed by atoms with E-state index in [1.807, 2.05) is 33.5 Å². The number of halogens is 2. The smallest absolute Gasteiger partial charge is 0.249 e. The fourth-order valence-electron chi connectivity index (χ4n) is 2.80. The molecule has 0 radical (unpaired) electrons. The number of hydrogen-bond donors (Lipinski definition) is 0. The molecule has 0 amide bonds. The van der Waals surface area contributed by atoms with Gasteiger partial charge in [-0.3, -0.25) is 4.90 Å². The van der Waals surface area contributed by atoms with Gasteiger partial charge in [0.2, 0.25) is 10.0 Å². The lowest BCUT2D eigenvalue weighted by Crippen LogP contribution is -2.49. The Morgan fingerprint density at radius 1 is 1.08 bits per heavy atom. The molecule has 25 heavy (non-hydrogen) atoms. The predicted octanol–water partition coefficient (Wildman–Crippen LogP) is 1.80. The van der Waals surface area contributed by atoms with Gasteiger partial charge in [-0.05, 0) is 24.4 Å². The van der Waals surface area contributed by atoms with Crippen molar-refractivity contribution in [2.45, 2.75) is 11.6 Å². The molecule has 2 heterocycles. The summed E-state index contributed by atoms with van der Waals surface area (Å²) in [6.45, 7) is 1.77. The molecule has 136 valence electrons. The molecule has 10 heteroatoms. The van der Waals surface area contributed by atoms with Gasteiger partial charge in [-0.15, -0.1) is 0 Å². The second kappa shape index (κ2) is 6.94. The maximum absolute atomic E-state index is 13.8. The van der Waals surface area contributed by atoms with E-state index >= 15 is 0 Å². The van der Waals surface area contributed by atoms with Crippen molar-refractivity contribution in [3.05, 3.63) is 47.0 Å². The first-order valence-electron chi connectivity index (χ1n) is 7.69. The summed E-state index contributed by atoms with van der Waals surface area (Å²) in [7, 11) is -2.35. The molecule has 0 saturated carbocycles. The van der Waals surface area contributed by atoms with Gasteiger partial charge < -0.3 is 9.13 Å². The van der Waals surface area contributed by atoms with Crippen molar-refractivity contribution in [3.8, 4) is 0 Å². The highest BCUT2D eigenvalue weighted by molar-refractivity contribution is 7.89. The Morgan fingerprint density at radius 2 is 1.68 bits per heavy atom. The zero-order valence-electron chi connectivity index (χ0n) is 13.6. The van der Waals surface area contributed by atoms with E-state index in [2.05, 4.69) is 0 Å². The van der Waals surface area contributed by atoms with Crippen molar-refractivity contribution >= 4 is 22.2 Å². The predicted molar refractivity (Wildman–Crippen MR) is 90.9 cm³/mol. The summed E-state index contributed by atoms with van der Waals surface area (Å²) >= 11 is 5.28. The molecule has 1 aliphatic heterocycles. The fourth-order valence-corrected chi connectivity index (χ4v) is 4.51. The number of rotatable bonds is 4. The van der Waals surface area contributed by atoms with Crippen LogP contribution in [0.2, 0.25) is 0 Å². The first-order valence-corrected chi connectivity index (χ1v) is 9.54. The molecule has 3 rings (SSSR count). The van der Waals surface area contributed by atoms with Gasteiger partial charge in [0.05, 0.1) is 6.67 Å². The third-order valence-corrected chi connectivity index (χ3v) is 6.69. The van der Waals surface area contributed by atoms with E-state index in [1.165, 1.54) is 0 Å². The Bertz CT molecular complexity index is 911. The molecule has 0 aliphatic carbocycles. The number of imidazole rings is 1. The zero-order valence-corrected chi connectivity index (χ0v) is 15.2. The lowest BCUT2D eigenvalue weighted by atomic mass is 10.3. The van der Waals surface area contributed by atoms with Crippen LogP contribution >= 0.6 is 12.2 Å². The molecule has 0 bridgehead atoms. The van der Waals surface area contributed by atoms with E-state index in [0.29, 0.717) is 24.5 Å². The van der Waals surface area contributed by atoms with Crippen molar-refractivity contribution < 1.29 is 17.2 Å². The van der Waals surface area contributed by atoms with Crippen LogP contribution in [-0.2, 0) is 23.7 Å². The van der Waals surface area contributed by atoms with Gasteiger partial charge in [0.25, 0.3) is 0 Å². The largest absolute Gasteiger partial charge is 0.327 e. The summed E-state index contributed by atoms with van der Waals surface area (Å²) in [5, 5.41) is 0. The third-order valence-electron chi connectivity index (χ3n) is 4.22. The summed E-state index contributed by atoms with van der Waals surface area (Å²) in [6.07, 6.45) is 3.71. The summed E-state index contributed by atoms with van der Waals surface area (Å²) in [4.78, 5) is 1.16. The summed E-state index contributed by atoms with van der Waals surface area (Å²) in [5.41, 5.74) is 0. The topological polar surface area (TPSA) is 50.5 Å². The first-order chi connectivity index (χ1) is 11.8. The van der Waals surface area contributed by atoms with Gasteiger partial charge in [0.15, 0.2) is 9.67 Å². The highest BCUT2D eigenvalue weighted by atomic mass is 32.2. The first kappa shape index (κ1) is 18.2. The van der Waals surface area contributed by atoms with Gasteiger partial charge >= 0.3 is 0 Å². The second-order valence-electron chi connectivity index (χ2n) is 5.88. The minimum atomic E-state index is -4.20. The van der Waals surface area contributed by atoms with E-state index in [0.717, 1.165) is 22.5 Å². The van der Waals surface area contributed by atoms with Crippen LogP contribution in [0, 0.1) is 16.4 Å². The van der Waals surface area contributed by atoms with Crippen LogP contribution in [0.25, 0.3) is 0 Å². The molecular weight excluding hydrogens is 370 g/mol. The minimum absolute atomic E-state index is 0.163. The normalized spacial score (nSPS) is 17.1. The molecule has 0 atom stereocenters. The van der Waals surface area contributed by atoms with E-state index < -0.39 is 26.6 Å². The van der Waals surface area contributed by atoms with Crippen molar-refractivity contribution in [1.82, 2.24) is 18.3 Å². The number of benzene rings is 1. The number of nitrogens with zero attached hydrogens (tertiary/aromatic N) is 4. The molecule has 1 aromatic heterocycles. The van der Waals surface area contributed by atoms with E-state index in [1.54, 1.807) is 0 Å². The van der Waals surface area contributed by atoms with Crippen LogP contribution in [0.5, 0.6) is 0 Å². The van der Waals surface area contributed by atoms with Crippen LogP contribution in [0.4, 0.5) is 8.78 Å². The number of aromatic nitrogens is 2. The van der Waals surface area contributed by atoms with Gasteiger partial charge in [-0.25, -0.2) is 17.2 Å². The number of hydrogen-bond acceptors (Lipinski definition) is 4. The molecule has 0 spiro atoms. The summed E-state index contributed by atoms with van der Waals surface area (Å²) in [6, 6.07) is 3.04. The highest BCUT2D eigenvalue weighted by Crippen LogP contribution is 2.23. The molecular formula is C15H18F2N4O2S2. The van der Waals surface area contributed by atoms with Crippen LogP contribution in [0.15, 0.2) is 35.5 Å². The van der Waals surface area contributed by atoms with Crippen molar-refractivity contribution in [1.29, 1.82) is 0 Å². The fraction of sp³-hybridized carbons (Fsp3) is 0.400. The average Bonchev–Trinajstić information content (AvgIpc) is 2.87. The van der Waals surface area contributed by atoms with Gasteiger partial charge in [-0.1, -0.05) is 6.07 Å². The SMILES string of the molecule is Cn1ccn(CN2CCN(S(=O)(=O)c3c(F)cccc3F)CC2)c1=S. The van der Waals surface area contributed by atoms with Gasteiger partial charge in [0.1, 0.15) is 11.6 Å². The molecule has 1 aromatic carbocycles. The van der Waals surface area contributed by atoms with E-state index in [9.17, 15) is 17.2 Å². The van der Waals surface area contributed by atoms with Gasteiger partial charge in [-0.2, -0.15) is 4.31 Å². The van der Waals surface area contributed by atoms with Crippen molar-refractivity contribution in [2.24, 2.45) is 7.05 Å². The molecule has 1 saturated heterocycles. The maximum atomic E-state index is 13.8. The molecule has 1 aliphatic rings. The molecule has 0 N–H and O–H groups in total. The Labute approximate surface area is 149 Å². The third kappa shape index (κ3) is 3.52. The Morgan fingerprint density at radius 3 is 2.20 bits per heavy atom. The van der Waals surface area contributed by atoms with Crippen LogP contribution < -0.4 is 0 Å². The van der Waals surface area contributed by atoms with Gasteiger partial charge in [0, 0.05) is 45.6 Å². The van der Waals surface area contributed by atoms with E-state index in [-0.39, 0.29) is 13.1 Å². The second-order valence-corrected chi connectivity index (χ2v) is 8.12. The Balaban J connectivity index is 1.71. The van der Waals surface area contributed by atoms with Crippen molar-refractivity contribution in [3.63, 3.8) is 0 Å². The van der Waals surface area contributed by atoms with E-state index in [4.69, 9.17) is 12.2 Å². The quantitative estimate of drug-likeness (QED) is 0.750. The Hall–Kier alpha value is -1.62. The molecule has 6 nitrogen and oxygen atoms in total. The highest BCUT2D eigenvalue weighted by Gasteiger charge is 2.33.